The standard InChI is InChI=1S/C22H23N5O2S/c1-13-8-6-7-9-17(13)21-23-24-22(26(21)5)30-12-19(28)18-10-14(2)27(16(18)4)20-11-15(3)29-25-20/h6-11H,12H2,1-5H3. The molecule has 0 atom stereocenters. The number of ketones is 1. The van der Waals surface area contributed by atoms with E-state index < -0.39 is 0 Å². The molecule has 0 aliphatic heterocycles. The van der Waals surface area contributed by atoms with Gasteiger partial charge in [0.1, 0.15) is 5.76 Å². The number of hydrogen-bond donors (Lipinski definition) is 0. The predicted octanol–water partition coefficient (Wildman–Crippen LogP) is 4.47. The Morgan fingerprint density at radius 3 is 2.57 bits per heavy atom. The van der Waals surface area contributed by atoms with Crippen molar-refractivity contribution < 1.29 is 9.32 Å². The van der Waals surface area contributed by atoms with E-state index in [9.17, 15) is 4.79 Å². The van der Waals surface area contributed by atoms with E-state index >= 15 is 0 Å². The summed E-state index contributed by atoms with van der Waals surface area (Å²) in [4.78, 5) is 12.9. The van der Waals surface area contributed by atoms with Crippen molar-refractivity contribution in [1.82, 2.24) is 24.5 Å². The van der Waals surface area contributed by atoms with Crippen LogP contribution in [-0.4, -0.2) is 36.0 Å². The maximum Gasteiger partial charge on any atom is 0.191 e. The van der Waals surface area contributed by atoms with Crippen LogP contribution in [0.4, 0.5) is 0 Å². The number of thioether (sulfide) groups is 1. The number of hydrogen-bond acceptors (Lipinski definition) is 6. The maximum absolute atomic E-state index is 12.9. The Kier molecular flexibility index (Phi) is 5.34. The number of Topliss-reactive ketones (excluding diaryl/α,β-unsaturated/α-hetero) is 1. The van der Waals surface area contributed by atoms with Gasteiger partial charge in [0.05, 0.1) is 5.75 Å². The van der Waals surface area contributed by atoms with Crippen LogP contribution in [0.3, 0.4) is 0 Å². The summed E-state index contributed by atoms with van der Waals surface area (Å²) in [7, 11) is 1.92. The van der Waals surface area contributed by atoms with E-state index in [0.29, 0.717) is 16.5 Å². The molecule has 30 heavy (non-hydrogen) atoms. The number of carbonyl (C=O) groups is 1. The second-order valence-electron chi connectivity index (χ2n) is 7.31. The van der Waals surface area contributed by atoms with Crippen LogP contribution >= 0.6 is 11.8 Å². The summed E-state index contributed by atoms with van der Waals surface area (Å²) in [6.07, 6.45) is 0. The van der Waals surface area contributed by atoms with Gasteiger partial charge in [0.25, 0.3) is 0 Å². The van der Waals surface area contributed by atoms with Crippen LogP contribution in [0.2, 0.25) is 0 Å². The molecule has 0 aliphatic rings. The SMILES string of the molecule is Cc1cc(-n2c(C)cc(C(=O)CSc3nnc(-c4ccccc4C)n3C)c2C)no1. The van der Waals surface area contributed by atoms with Crippen molar-refractivity contribution in [3.8, 4) is 17.2 Å². The van der Waals surface area contributed by atoms with Crippen molar-refractivity contribution in [2.45, 2.75) is 32.9 Å². The van der Waals surface area contributed by atoms with Crippen LogP contribution in [0, 0.1) is 27.7 Å². The number of nitrogens with zero attached hydrogens (tertiary/aromatic N) is 5. The van der Waals surface area contributed by atoms with Gasteiger partial charge in [-0.1, -0.05) is 41.2 Å². The molecular weight excluding hydrogens is 398 g/mol. The molecule has 8 heteroatoms. The number of aryl methyl sites for hydroxylation is 3. The van der Waals surface area contributed by atoms with Gasteiger partial charge in [0.2, 0.25) is 0 Å². The number of benzene rings is 1. The van der Waals surface area contributed by atoms with E-state index in [1.54, 1.807) is 0 Å². The Morgan fingerprint density at radius 2 is 1.87 bits per heavy atom. The number of carbonyl (C=O) groups excluding carboxylic acids is 1. The molecule has 4 rings (SSSR count). The topological polar surface area (TPSA) is 78.7 Å². The van der Waals surface area contributed by atoms with Crippen LogP contribution in [0.5, 0.6) is 0 Å². The third-order valence-corrected chi connectivity index (χ3v) is 6.15. The first-order chi connectivity index (χ1) is 14.4. The second-order valence-corrected chi connectivity index (χ2v) is 8.25. The van der Waals surface area contributed by atoms with Gasteiger partial charge < -0.3 is 9.09 Å². The predicted molar refractivity (Wildman–Crippen MR) is 116 cm³/mol. The molecule has 0 unspecified atom stereocenters. The van der Waals surface area contributed by atoms with Crippen molar-refractivity contribution in [2.75, 3.05) is 5.75 Å². The van der Waals surface area contributed by atoms with Gasteiger partial charge in [0.15, 0.2) is 22.6 Å². The normalized spacial score (nSPS) is 11.2. The largest absolute Gasteiger partial charge is 0.360 e. The van der Waals surface area contributed by atoms with Crippen LogP contribution in [-0.2, 0) is 7.05 Å². The molecule has 7 nitrogen and oxygen atoms in total. The minimum atomic E-state index is 0.0417. The zero-order valence-electron chi connectivity index (χ0n) is 17.6. The van der Waals surface area contributed by atoms with Crippen LogP contribution < -0.4 is 0 Å². The lowest BCUT2D eigenvalue weighted by atomic mass is 10.1. The summed E-state index contributed by atoms with van der Waals surface area (Å²) < 4.78 is 9.06. The van der Waals surface area contributed by atoms with Crippen molar-refractivity contribution >= 4 is 17.5 Å². The lowest BCUT2D eigenvalue weighted by Crippen LogP contribution is -2.06. The Bertz CT molecular complexity index is 1230. The van der Waals surface area contributed by atoms with Gasteiger partial charge in [-0.05, 0) is 39.3 Å². The third kappa shape index (κ3) is 3.59. The summed E-state index contributed by atoms with van der Waals surface area (Å²) in [6.45, 7) is 7.78. The van der Waals surface area contributed by atoms with Gasteiger partial charge in [-0.2, -0.15) is 0 Å². The van der Waals surface area contributed by atoms with E-state index in [0.717, 1.165) is 34.1 Å². The summed E-state index contributed by atoms with van der Waals surface area (Å²) in [5, 5.41) is 13.4. The molecule has 0 fully saturated rings. The zero-order valence-corrected chi connectivity index (χ0v) is 18.4. The van der Waals surface area contributed by atoms with Crippen LogP contribution in [0.1, 0.15) is 33.1 Å². The summed E-state index contributed by atoms with van der Waals surface area (Å²) in [6, 6.07) is 11.8. The number of aromatic nitrogens is 5. The van der Waals surface area contributed by atoms with Gasteiger partial charge >= 0.3 is 0 Å². The van der Waals surface area contributed by atoms with Crippen molar-refractivity contribution in [3.05, 3.63) is 64.7 Å². The second kappa shape index (κ2) is 7.95. The molecule has 4 aromatic rings. The van der Waals surface area contributed by atoms with Crippen LogP contribution in [0.15, 0.2) is 46.1 Å². The molecule has 154 valence electrons. The van der Waals surface area contributed by atoms with Gasteiger partial charge in [-0.3, -0.25) is 9.36 Å². The molecule has 0 bridgehead atoms. The fraction of sp³-hybridized carbons (Fsp3) is 0.273. The highest BCUT2D eigenvalue weighted by atomic mass is 32.2. The fourth-order valence-electron chi connectivity index (χ4n) is 3.56. The molecule has 3 aromatic heterocycles. The van der Waals surface area contributed by atoms with Crippen molar-refractivity contribution in [1.29, 1.82) is 0 Å². The minimum Gasteiger partial charge on any atom is -0.360 e. The first kappa shape index (κ1) is 20.2. The molecule has 1 aromatic carbocycles. The molecule has 0 aliphatic carbocycles. The molecule has 0 spiro atoms. The van der Waals surface area contributed by atoms with Crippen molar-refractivity contribution in [2.24, 2.45) is 7.05 Å². The first-order valence-corrected chi connectivity index (χ1v) is 10.6. The van der Waals surface area contributed by atoms with Crippen molar-refractivity contribution in [3.63, 3.8) is 0 Å². The quantitative estimate of drug-likeness (QED) is 0.338. The van der Waals surface area contributed by atoms with Crippen LogP contribution in [0.25, 0.3) is 17.2 Å². The Morgan fingerprint density at radius 1 is 1.10 bits per heavy atom. The fourth-order valence-corrected chi connectivity index (χ4v) is 4.36. The van der Waals surface area contributed by atoms with Gasteiger partial charge in [-0.25, -0.2) is 0 Å². The molecule has 0 radical (unpaired) electrons. The molecule has 0 saturated carbocycles. The highest BCUT2D eigenvalue weighted by Crippen LogP contribution is 2.27. The Labute approximate surface area is 179 Å². The monoisotopic (exact) mass is 421 g/mol. The highest BCUT2D eigenvalue weighted by molar-refractivity contribution is 7.99. The molecule has 0 N–H and O–H groups in total. The molecule has 0 amide bonds. The first-order valence-electron chi connectivity index (χ1n) is 9.61. The lowest BCUT2D eigenvalue weighted by molar-refractivity contribution is 0.102. The van der Waals surface area contributed by atoms with Gasteiger partial charge in [0, 0.05) is 35.6 Å². The van der Waals surface area contributed by atoms with E-state index in [-0.39, 0.29) is 11.5 Å². The van der Waals surface area contributed by atoms with E-state index in [1.165, 1.54) is 11.8 Å². The van der Waals surface area contributed by atoms with E-state index in [2.05, 4.69) is 15.4 Å². The highest BCUT2D eigenvalue weighted by Gasteiger charge is 2.20. The zero-order chi connectivity index (χ0) is 21.4. The summed E-state index contributed by atoms with van der Waals surface area (Å²) in [5.41, 5.74) is 4.65. The maximum atomic E-state index is 12.9. The average Bonchev–Trinajstić information content (AvgIpc) is 3.38. The van der Waals surface area contributed by atoms with Gasteiger partial charge in [-0.15, -0.1) is 10.2 Å². The Balaban J connectivity index is 1.53. The molecule has 0 saturated heterocycles. The van der Waals surface area contributed by atoms with E-state index in [4.69, 9.17) is 4.52 Å². The Hall–Kier alpha value is -3.13. The smallest absolute Gasteiger partial charge is 0.191 e. The lowest BCUT2D eigenvalue weighted by Gasteiger charge is -2.06. The third-order valence-electron chi connectivity index (χ3n) is 5.13. The minimum absolute atomic E-state index is 0.0417. The number of rotatable bonds is 6. The average molecular weight is 422 g/mol. The van der Waals surface area contributed by atoms with E-state index in [1.807, 2.05) is 80.3 Å². The molecule has 3 heterocycles. The summed E-state index contributed by atoms with van der Waals surface area (Å²) >= 11 is 1.39. The summed E-state index contributed by atoms with van der Waals surface area (Å²) in [5.74, 6) is 2.53. The molecular formula is C22H23N5O2S.